The maximum Gasteiger partial charge on any atom is 0.263 e. The first-order chi connectivity index (χ1) is 15.4. The van der Waals surface area contributed by atoms with E-state index in [2.05, 4.69) is 41.1 Å². The van der Waals surface area contributed by atoms with Crippen molar-refractivity contribution in [2.24, 2.45) is 0 Å². The number of aryl methyl sites for hydroxylation is 3. The summed E-state index contributed by atoms with van der Waals surface area (Å²) >= 11 is 0. The molecule has 2 aromatic carbocycles. The normalized spacial score (nSPS) is 14.9. The van der Waals surface area contributed by atoms with Crippen molar-refractivity contribution in [3.63, 3.8) is 0 Å². The highest BCUT2D eigenvalue weighted by Crippen LogP contribution is 2.23. The zero-order chi connectivity index (χ0) is 22.7. The van der Waals surface area contributed by atoms with Crippen LogP contribution in [0.4, 0.5) is 5.82 Å². The van der Waals surface area contributed by atoms with Gasteiger partial charge in [0.2, 0.25) is 0 Å². The highest BCUT2D eigenvalue weighted by atomic mass is 16.5. The molecule has 166 valence electrons. The lowest BCUT2D eigenvalue weighted by Gasteiger charge is -2.36. The number of ether oxygens (including phenoxy) is 1. The third-order valence-electron chi connectivity index (χ3n) is 6.13. The minimum absolute atomic E-state index is 0.0175. The van der Waals surface area contributed by atoms with E-state index in [9.17, 15) is 4.79 Å². The number of carbonyl (C=O) groups is 1. The van der Waals surface area contributed by atoms with E-state index < -0.39 is 6.10 Å². The molecule has 1 saturated heterocycles. The molecule has 1 aliphatic heterocycles. The number of rotatable bonds is 5. The molecule has 4 rings (SSSR count). The summed E-state index contributed by atoms with van der Waals surface area (Å²) in [7, 11) is 0. The Labute approximate surface area is 189 Å². The van der Waals surface area contributed by atoms with Gasteiger partial charge in [0.25, 0.3) is 5.91 Å². The first kappa shape index (κ1) is 21.8. The molecule has 1 amide bonds. The number of hydrogen-bond acceptors (Lipinski definition) is 5. The molecule has 3 aromatic rings. The first-order valence-corrected chi connectivity index (χ1v) is 11.1. The fourth-order valence-electron chi connectivity index (χ4n) is 3.95. The van der Waals surface area contributed by atoms with Crippen molar-refractivity contribution >= 4 is 11.7 Å². The molecule has 1 atom stereocenters. The van der Waals surface area contributed by atoms with Gasteiger partial charge in [-0.2, -0.15) is 0 Å². The molecule has 2 heterocycles. The average molecular weight is 431 g/mol. The number of hydrogen-bond donors (Lipinski definition) is 0. The van der Waals surface area contributed by atoms with Gasteiger partial charge in [0.1, 0.15) is 5.75 Å². The lowest BCUT2D eigenvalue weighted by atomic mass is 10.1. The number of aromatic nitrogens is 2. The van der Waals surface area contributed by atoms with Crippen molar-refractivity contribution in [2.75, 3.05) is 31.1 Å². The lowest BCUT2D eigenvalue weighted by molar-refractivity contribution is -0.138. The van der Waals surface area contributed by atoms with Crippen LogP contribution in [-0.2, 0) is 4.79 Å². The SMILES string of the molecule is Cc1ccc(OC(C)C(=O)N2CCN(c3ccc(-c4ccccc4C)nn3)CC2)cc1C. The summed E-state index contributed by atoms with van der Waals surface area (Å²) in [6, 6.07) is 18.1. The molecule has 6 nitrogen and oxygen atoms in total. The van der Waals surface area contributed by atoms with Crippen molar-refractivity contribution in [1.29, 1.82) is 0 Å². The summed E-state index contributed by atoms with van der Waals surface area (Å²) in [5.41, 5.74) is 5.52. The Morgan fingerprint density at radius 1 is 0.875 bits per heavy atom. The van der Waals surface area contributed by atoms with Crippen molar-refractivity contribution < 1.29 is 9.53 Å². The first-order valence-electron chi connectivity index (χ1n) is 11.1. The van der Waals surface area contributed by atoms with Crippen LogP contribution in [-0.4, -0.2) is 53.3 Å². The van der Waals surface area contributed by atoms with Gasteiger partial charge in [0, 0.05) is 31.7 Å². The summed E-state index contributed by atoms with van der Waals surface area (Å²) in [4.78, 5) is 16.9. The van der Waals surface area contributed by atoms with Crippen LogP contribution in [0.3, 0.4) is 0 Å². The van der Waals surface area contributed by atoms with Gasteiger partial charge in [-0.05, 0) is 68.7 Å². The van der Waals surface area contributed by atoms with Gasteiger partial charge >= 0.3 is 0 Å². The lowest BCUT2D eigenvalue weighted by Crippen LogP contribution is -2.52. The Hall–Kier alpha value is -3.41. The predicted molar refractivity (Wildman–Crippen MR) is 127 cm³/mol. The topological polar surface area (TPSA) is 58.6 Å². The third kappa shape index (κ3) is 4.74. The fourth-order valence-corrected chi connectivity index (χ4v) is 3.95. The zero-order valence-electron chi connectivity index (χ0n) is 19.2. The van der Waals surface area contributed by atoms with Crippen LogP contribution in [0, 0.1) is 20.8 Å². The number of benzene rings is 2. The number of anilines is 1. The molecule has 0 saturated carbocycles. The van der Waals surface area contributed by atoms with E-state index in [-0.39, 0.29) is 5.91 Å². The van der Waals surface area contributed by atoms with Gasteiger partial charge in [-0.3, -0.25) is 4.79 Å². The van der Waals surface area contributed by atoms with E-state index >= 15 is 0 Å². The van der Waals surface area contributed by atoms with Gasteiger partial charge in [-0.15, -0.1) is 10.2 Å². The van der Waals surface area contributed by atoms with Crippen molar-refractivity contribution in [3.8, 4) is 17.0 Å². The molecular weight excluding hydrogens is 400 g/mol. The van der Waals surface area contributed by atoms with E-state index in [1.165, 1.54) is 11.1 Å². The van der Waals surface area contributed by atoms with E-state index in [1.807, 2.05) is 61.2 Å². The maximum atomic E-state index is 12.9. The minimum atomic E-state index is -0.517. The zero-order valence-corrected chi connectivity index (χ0v) is 19.2. The van der Waals surface area contributed by atoms with Crippen LogP contribution in [0.15, 0.2) is 54.6 Å². The number of carbonyl (C=O) groups excluding carboxylic acids is 1. The molecular formula is C26H30N4O2. The highest BCUT2D eigenvalue weighted by Gasteiger charge is 2.26. The quantitative estimate of drug-likeness (QED) is 0.608. The Bertz CT molecular complexity index is 1090. The molecule has 0 bridgehead atoms. The van der Waals surface area contributed by atoms with E-state index in [1.54, 1.807) is 0 Å². The summed E-state index contributed by atoms with van der Waals surface area (Å²) in [5.74, 6) is 1.59. The molecule has 6 heteroatoms. The van der Waals surface area contributed by atoms with Gasteiger partial charge in [-0.1, -0.05) is 30.3 Å². The molecule has 0 radical (unpaired) electrons. The minimum Gasteiger partial charge on any atom is -0.481 e. The number of piperazine rings is 1. The van der Waals surface area contributed by atoms with Crippen molar-refractivity contribution in [3.05, 3.63) is 71.3 Å². The monoisotopic (exact) mass is 430 g/mol. The van der Waals surface area contributed by atoms with E-state index in [0.717, 1.165) is 41.5 Å². The smallest absolute Gasteiger partial charge is 0.263 e. The summed E-state index contributed by atoms with van der Waals surface area (Å²) in [5, 5.41) is 8.88. The average Bonchev–Trinajstić information content (AvgIpc) is 2.81. The van der Waals surface area contributed by atoms with Crippen LogP contribution in [0.1, 0.15) is 23.6 Å². The number of amides is 1. The summed E-state index contributed by atoms with van der Waals surface area (Å²) in [6.45, 7) is 10.7. The van der Waals surface area contributed by atoms with Crippen molar-refractivity contribution in [1.82, 2.24) is 15.1 Å². The maximum absolute atomic E-state index is 12.9. The Morgan fingerprint density at radius 3 is 2.28 bits per heavy atom. The molecule has 32 heavy (non-hydrogen) atoms. The summed E-state index contributed by atoms with van der Waals surface area (Å²) in [6.07, 6.45) is -0.517. The van der Waals surface area contributed by atoms with Crippen LogP contribution < -0.4 is 9.64 Å². The van der Waals surface area contributed by atoms with Gasteiger partial charge in [0.15, 0.2) is 11.9 Å². The molecule has 1 unspecified atom stereocenters. The van der Waals surface area contributed by atoms with E-state index in [4.69, 9.17) is 4.74 Å². The largest absolute Gasteiger partial charge is 0.481 e. The van der Waals surface area contributed by atoms with Crippen LogP contribution in [0.2, 0.25) is 0 Å². The van der Waals surface area contributed by atoms with Gasteiger partial charge in [-0.25, -0.2) is 0 Å². The van der Waals surface area contributed by atoms with Crippen molar-refractivity contribution in [2.45, 2.75) is 33.8 Å². The second kappa shape index (κ2) is 9.39. The fraction of sp³-hybridized carbons (Fsp3) is 0.346. The number of nitrogens with zero attached hydrogens (tertiary/aromatic N) is 4. The molecule has 1 aromatic heterocycles. The molecule has 0 spiro atoms. The molecule has 0 aliphatic carbocycles. The van der Waals surface area contributed by atoms with Crippen LogP contribution >= 0.6 is 0 Å². The molecule has 1 aliphatic rings. The van der Waals surface area contributed by atoms with E-state index in [0.29, 0.717) is 13.1 Å². The Morgan fingerprint density at radius 2 is 1.62 bits per heavy atom. The molecule has 0 N–H and O–H groups in total. The predicted octanol–water partition coefficient (Wildman–Crippen LogP) is 4.18. The third-order valence-corrected chi connectivity index (χ3v) is 6.13. The van der Waals surface area contributed by atoms with Gasteiger partial charge in [0.05, 0.1) is 5.69 Å². The standard InChI is InChI=1S/C26H30N4O2/c1-18-9-10-22(17-20(18)3)32-21(4)26(31)30-15-13-29(14-16-30)25-12-11-24(27-28-25)23-8-6-5-7-19(23)2/h5-12,17,21H,13-16H2,1-4H3. The Kier molecular flexibility index (Phi) is 6.40. The van der Waals surface area contributed by atoms with Gasteiger partial charge < -0.3 is 14.5 Å². The Balaban J connectivity index is 1.33. The summed E-state index contributed by atoms with van der Waals surface area (Å²) < 4.78 is 5.91. The van der Waals surface area contributed by atoms with Crippen LogP contribution in [0.25, 0.3) is 11.3 Å². The van der Waals surface area contributed by atoms with Crippen LogP contribution in [0.5, 0.6) is 5.75 Å². The second-order valence-corrected chi connectivity index (χ2v) is 8.41. The highest BCUT2D eigenvalue weighted by molar-refractivity contribution is 5.81. The second-order valence-electron chi connectivity index (χ2n) is 8.41. The molecule has 1 fully saturated rings.